The molecule has 1 aromatic rings. The summed E-state index contributed by atoms with van der Waals surface area (Å²) >= 11 is 0. The average molecular weight is 288 g/mol. The molecule has 1 unspecified atom stereocenters. The quantitative estimate of drug-likeness (QED) is 0.925. The standard InChI is InChI=1S/C18H28N2O/c1-4-10-18(3,19)16(21)20-13-11-17(2,12-14-20)15-8-6-5-7-9-15/h5-9H,4,10-14,19H2,1-3H3. The van der Waals surface area contributed by atoms with Gasteiger partial charge >= 0.3 is 0 Å². The third-order valence-corrected chi connectivity index (χ3v) is 4.88. The van der Waals surface area contributed by atoms with Crippen molar-refractivity contribution in [2.45, 2.75) is 57.4 Å². The number of hydrogen-bond acceptors (Lipinski definition) is 2. The van der Waals surface area contributed by atoms with Crippen molar-refractivity contribution in [3.8, 4) is 0 Å². The molecule has 3 nitrogen and oxygen atoms in total. The van der Waals surface area contributed by atoms with Gasteiger partial charge in [-0.2, -0.15) is 0 Å². The minimum absolute atomic E-state index is 0.111. The fourth-order valence-corrected chi connectivity index (χ4v) is 3.32. The summed E-state index contributed by atoms with van der Waals surface area (Å²) in [4.78, 5) is 14.5. The highest BCUT2D eigenvalue weighted by Crippen LogP contribution is 2.35. The lowest BCUT2D eigenvalue weighted by Gasteiger charge is -2.42. The molecule has 0 radical (unpaired) electrons. The van der Waals surface area contributed by atoms with Gasteiger partial charge in [-0.3, -0.25) is 4.79 Å². The van der Waals surface area contributed by atoms with Crippen molar-refractivity contribution in [1.29, 1.82) is 0 Å². The summed E-state index contributed by atoms with van der Waals surface area (Å²) in [5.41, 5.74) is 7.03. The third kappa shape index (κ3) is 3.46. The van der Waals surface area contributed by atoms with E-state index in [2.05, 4.69) is 44.2 Å². The molecule has 1 aliphatic rings. The van der Waals surface area contributed by atoms with Gasteiger partial charge in [0.15, 0.2) is 0 Å². The van der Waals surface area contributed by atoms with Crippen LogP contribution in [-0.4, -0.2) is 29.4 Å². The summed E-state index contributed by atoms with van der Waals surface area (Å²) in [6.45, 7) is 7.85. The Morgan fingerprint density at radius 2 is 1.86 bits per heavy atom. The molecule has 116 valence electrons. The van der Waals surface area contributed by atoms with Crippen LogP contribution >= 0.6 is 0 Å². The second kappa shape index (κ2) is 6.18. The molecule has 2 rings (SSSR count). The monoisotopic (exact) mass is 288 g/mol. The Morgan fingerprint density at radius 3 is 2.38 bits per heavy atom. The molecular weight excluding hydrogens is 260 g/mol. The minimum atomic E-state index is -0.713. The highest BCUT2D eigenvalue weighted by molar-refractivity contribution is 5.85. The summed E-state index contributed by atoms with van der Waals surface area (Å²) in [5, 5.41) is 0. The highest BCUT2D eigenvalue weighted by Gasteiger charge is 2.37. The summed E-state index contributed by atoms with van der Waals surface area (Å²) < 4.78 is 0. The molecule has 21 heavy (non-hydrogen) atoms. The largest absolute Gasteiger partial charge is 0.341 e. The van der Waals surface area contributed by atoms with Crippen LogP contribution in [0.3, 0.4) is 0 Å². The van der Waals surface area contributed by atoms with Gasteiger partial charge < -0.3 is 10.6 Å². The molecule has 1 heterocycles. The molecule has 0 spiro atoms. The van der Waals surface area contributed by atoms with Gasteiger partial charge in [0.2, 0.25) is 5.91 Å². The molecule has 1 aliphatic heterocycles. The van der Waals surface area contributed by atoms with E-state index in [0.717, 1.165) is 38.8 Å². The van der Waals surface area contributed by atoms with Crippen molar-refractivity contribution < 1.29 is 4.79 Å². The Labute approximate surface area is 128 Å². The summed E-state index contributed by atoms with van der Waals surface area (Å²) in [5.74, 6) is 0.111. The van der Waals surface area contributed by atoms with Gasteiger partial charge in [-0.15, -0.1) is 0 Å². The predicted octanol–water partition coefficient (Wildman–Crippen LogP) is 3.08. The van der Waals surface area contributed by atoms with E-state index >= 15 is 0 Å². The zero-order chi connectivity index (χ0) is 15.5. The van der Waals surface area contributed by atoms with E-state index in [4.69, 9.17) is 5.73 Å². The lowest BCUT2D eigenvalue weighted by molar-refractivity contribution is -0.138. The molecular formula is C18H28N2O. The fourth-order valence-electron chi connectivity index (χ4n) is 3.32. The smallest absolute Gasteiger partial charge is 0.242 e. The van der Waals surface area contributed by atoms with Gasteiger partial charge in [0.25, 0.3) is 0 Å². The maximum absolute atomic E-state index is 12.6. The van der Waals surface area contributed by atoms with Crippen molar-refractivity contribution in [2.75, 3.05) is 13.1 Å². The fraction of sp³-hybridized carbons (Fsp3) is 0.611. The van der Waals surface area contributed by atoms with Crippen LogP contribution in [0.5, 0.6) is 0 Å². The number of carbonyl (C=O) groups excluding carboxylic acids is 1. The van der Waals surface area contributed by atoms with Crippen molar-refractivity contribution in [2.24, 2.45) is 5.73 Å². The Bertz CT molecular complexity index is 473. The second-order valence-electron chi connectivity index (χ2n) is 6.89. The maximum atomic E-state index is 12.6. The predicted molar refractivity (Wildman–Crippen MR) is 87.1 cm³/mol. The number of carbonyl (C=O) groups is 1. The van der Waals surface area contributed by atoms with E-state index in [1.165, 1.54) is 5.56 Å². The van der Waals surface area contributed by atoms with Gasteiger partial charge in [0.05, 0.1) is 5.54 Å². The Balaban J connectivity index is 2.02. The van der Waals surface area contributed by atoms with Crippen LogP contribution in [0.4, 0.5) is 0 Å². The van der Waals surface area contributed by atoms with E-state index in [1.54, 1.807) is 0 Å². The number of piperidine rings is 1. The number of nitrogens with two attached hydrogens (primary N) is 1. The molecule has 0 aliphatic carbocycles. The summed E-state index contributed by atoms with van der Waals surface area (Å²) in [6, 6.07) is 10.6. The zero-order valence-corrected chi connectivity index (χ0v) is 13.6. The van der Waals surface area contributed by atoms with Crippen molar-refractivity contribution in [3.05, 3.63) is 35.9 Å². The van der Waals surface area contributed by atoms with Crippen LogP contribution in [-0.2, 0) is 10.2 Å². The first-order chi connectivity index (χ1) is 9.89. The number of likely N-dealkylation sites (tertiary alicyclic amines) is 1. The van der Waals surface area contributed by atoms with E-state index in [1.807, 2.05) is 11.8 Å². The van der Waals surface area contributed by atoms with Crippen LogP contribution in [0.15, 0.2) is 30.3 Å². The number of hydrogen-bond donors (Lipinski definition) is 1. The molecule has 1 atom stereocenters. The van der Waals surface area contributed by atoms with E-state index < -0.39 is 5.54 Å². The summed E-state index contributed by atoms with van der Waals surface area (Å²) in [7, 11) is 0. The average Bonchev–Trinajstić information content (AvgIpc) is 2.48. The lowest BCUT2D eigenvalue weighted by Crippen LogP contribution is -2.56. The normalized spacial score (nSPS) is 20.9. The topological polar surface area (TPSA) is 46.3 Å². The van der Waals surface area contributed by atoms with Gasteiger partial charge in [0, 0.05) is 13.1 Å². The van der Waals surface area contributed by atoms with E-state index in [0.29, 0.717) is 0 Å². The first kappa shape index (κ1) is 16.0. The third-order valence-electron chi connectivity index (χ3n) is 4.88. The van der Waals surface area contributed by atoms with Crippen LogP contribution in [0.1, 0.15) is 52.0 Å². The number of benzene rings is 1. The zero-order valence-electron chi connectivity index (χ0n) is 13.6. The Hall–Kier alpha value is -1.35. The Morgan fingerprint density at radius 1 is 1.29 bits per heavy atom. The van der Waals surface area contributed by atoms with Gasteiger partial charge in [0.1, 0.15) is 0 Å². The molecule has 0 aromatic heterocycles. The van der Waals surface area contributed by atoms with Crippen molar-refractivity contribution in [1.82, 2.24) is 4.90 Å². The van der Waals surface area contributed by atoms with Crippen molar-refractivity contribution >= 4 is 5.91 Å². The van der Waals surface area contributed by atoms with Gasteiger partial charge in [-0.25, -0.2) is 0 Å². The summed E-state index contributed by atoms with van der Waals surface area (Å²) in [6.07, 6.45) is 3.70. The Kier molecular flexibility index (Phi) is 4.72. The molecule has 1 fully saturated rings. The van der Waals surface area contributed by atoms with E-state index in [-0.39, 0.29) is 11.3 Å². The number of nitrogens with zero attached hydrogens (tertiary/aromatic N) is 1. The molecule has 1 aromatic carbocycles. The van der Waals surface area contributed by atoms with Crippen LogP contribution in [0.25, 0.3) is 0 Å². The first-order valence-corrected chi connectivity index (χ1v) is 8.03. The lowest BCUT2D eigenvalue weighted by atomic mass is 9.74. The molecule has 1 amide bonds. The maximum Gasteiger partial charge on any atom is 0.242 e. The SMILES string of the molecule is CCCC(C)(N)C(=O)N1CCC(C)(c2ccccc2)CC1. The minimum Gasteiger partial charge on any atom is -0.341 e. The molecule has 0 bridgehead atoms. The highest BCUT2D eigenvalue weighted by atomic mass is 16.2. The van der Waals surface area contributed by atoms with Gasteiger partial charge in [-0.05, 0) is 37.2 Å². The van der Waals surface area contributed by atoms with Gasteiger partial charge in [-0.1, -0.05) is 50.6 Å². The molecule has 2 N–H and O–H groups in total. The van der Waals surface area contributed by atoms with E-state index in [9.17, 15) is 4.79 Å². The van der Waals surface area contributed by atoms with Crippen LogP contribution in [0, 0.1) is 0 Å². The molecule has 3 heteroatoms. The van der Waals surface area contributed by atoms with Crippen LogP contribution < -0.4 is 5.73 Å². The first-order valence-electron chi connectivity index (χ1n) is 8.03. The second-order valence-corrected chi connectivity index (χ2v) is 6.89. The van der Waals surface area contributed by atoms with Crippen molar-refractivity contribution in [3.63, 3.8) is 0 Å². The number of rotatable bonds is 4. The number of amides is 1. The molecule has 0 saturated carbocycles. The molecule has 1 saturated heterocycles. The van der Waals surface area contributed by atoms with Crippen LogP contribution in [0.2, 0.25) is 0 Å².